The number of aliphatic hydroxyl groups is 1. The van der Waals surface area contributed by atoms with Crippen molar-refractivity contribution in [1.29, 1.82) is 0 Å². The summed E-state index contributed by atoms with van der Waals surface area (Å²) in [6.45, 7) is 7.73. The quantitative estimate of drug-likeness (QED) is 0.521. The summed E-state index contributed by atoms with van der Waals surface area (Å²) in [4.78, 5) is 27.7. The Kier molecular flexibility index (Phi) is 6.74. The topological polar surface area (TPSA) is 94.2 Å². The molecule has 4 aliphatic carbocycles. The molecule has 5 aliphatic rings. The summed E-state index contributed by atoms with van der Waals surface area (Å²) in [5, 5.41) is 19.9. The lowest BCUT2D eigenvalue weighted by atomic mass is 9.45. The monoisotopic (exact) mass is 524 g/mol. The summed E-state index contributed by atoms with van der Waals surface area (Å²) < 4.78 is 5.25. The smallest absolute Gasteiger partial charge is 0.407 e. The highest BCUT2D eigenvalue weighted by molar-refractivity contribution is 5.65. The van der Waals surface area contributed by atoms with Crippen molar-refractivity contribution in [2.24, 2.45) is 28.6 Å². The second-order valence-electron chi connectivity index (χ2n) is 13.4. The fraction of sp³-hybridized carbons (Fsp3) is 0.742. The fourth-order valence-electron chi connectivity index (χ4n) is 9.62. The maximum absolute atomic E-state index is 12.3. The first-order chi connectivity index (χ1) is 18.2. The van der Waals surface area contributed by atoms with Crippen molar-refractivity contribution in [2.45, 2.75) is 89.7 Å². The van der Waals surface area contributed by atoms with Gasteiger partial charge in [0, 0.05) is 38.3 Å². The molecule has 6 rings (SSSR count). The Morgan fingerprint density at radius 3 is 2.71 bits per heavy atom. The van der Waals surface area contributed by atoms with Crippen LogP contribution in [0.1, 0.15) is 83.1 Å². The fourth-order valence-corrected chi connectivity index (χ4v) is 9.62. The van der Waals surface area contributed by atoms with Crippen LogP contribution < -0.4 is 5.63 Å². The van der Waals surface area contributed by atoms with Gasteiger partial charge in [-0.05, 0) is 104 Å². The minimum atomic E-state index is -0.792. The molecule has 1 saturated heterocycles. The lowest BCUT2D eigenvalue weighted by Crippen LogP contribution is -2.55. The van der Waals surface area contributed by atoms with Crippen LogP contribution in [0.5, 0.6) is 0 Å². The Morgan fingerprint density at radius 1 is 1.16 bits per heavy atom. The van der Waals surface area contributed by atoms with Crippen molar-refractivity contribution in [1.82, 2.24) is 9.80 Å². The minimum absolute atomic E-state index is 0.103. The van der Waals surface area contributed by atoms with Gasteiger partial charge in [-0.3, -0.25) is 4.90 Å². The Hall–Kier alpha value is -2.12. The van der Waals surface area contributed by atoms with Gasteiger partial charge >= 0.3 is 11.7 Å². The summed E-state index contributed by atoms with van der Waals surface area (Å²) in [5.74, 6) is 2.23. The molecule has 208 valence electrons. The van der Waals surface area contributed by atoms with Gasteiger partial charge in [-0.25, -0.2) is 9.59 Å². The van der Waals surface area contributed by atoms with Gasteiger partial charge in [-0.2, -0.15) is 0 Å². The first kappa shape index (κ1) is 26.1. The second kappa shape index (κ2) is 9.81. The molecule has 0 spiro atoms. The molecule has 1 unspecified atom stereocenters. The van der Waals surface area contributed by atoms with E-state index in [1.54, 1.807) is 22.8 Å². The Bertz CT molecular complexity index is 1130. The van der Waals surface area contributed by atoms with Crippen LogP contribution in [0.4, 0.5) is 4.79 Å². The van der Waals surface area contributed by atoms with Crippen molar-refractivity contribution >= 4 is 6.09 Å². The normalized spacial score (nSPS) is 40.7. The molecule has 3 saturated carbocycles. The summed E-state index contributed by atoms with van der Waals surface area (Å²) in [7, 11) is 0. The lowest BCUT2D eigenvalue weighted by Gasteiger charge is -2.60. The zero-order valence-electron chi connectivity index (χ0n) is 23.0. The Morgan fingerprint density at radius 2 is 2.00 bits per heavy atom. The van der Waals surface area contributed by atoms with Crippen LogP contribution in [-0.2, 0) is 0 Å². The zero-order valence-corrected chi connectivity index (χ0v) is 23.0. The highest BCUT2D eigenvalue weighted by atomic mass is 16.4. The van der Waals surface area contributed by atoms with E-state index >= 15 is 0 Å². The van der Waals surface area contributed by atoms with Crippen molar-refractivity contribution in [2.75, 3.05) is 26.2 Å². The second-order valence-corrected chi connectivity index (χ2v) is 13.4. The molecular formula is C31H44N2O5. The number of carbonyl (C=O) groups is 1. The van der Waals surface area contributed by atoms with Gasteiger partial charge in [0.15, 0.2) is 0 Å². The van der Waals surface area contributed by atoms with E-state index < -0.39 is 6.09 Å². The van der Waals surface area contributed by atoms with E-state index in [2.05, 4.69) is 24.8 Å². The summed E-state index contributed by atoms with van der Waals surface area (Å²) in [6, 6.07) is 3.62. The SMILES string of the molecule is C[C@]12CCC(N(CCN3CC[C@H](O)C3)C(=O)O)C[C@H]1CC[C@H]1C3=CC[C@H](c4ccc(=O)oc4)[C@@]3(C)CC[C@@H]12. The van der Waals surface area contributed by atoms with Crippen LogP contribution in [0.25, 0.3) is 0 Å². The third kappa shape index (κ3) is 4.34. The number of likely N-dealkylation sites (tertiary alicyclic amines) is 1. The van der Waals surface area contributed by atoms with Crippen molar-refractivity contribution < 1.29 is 19.4 Å². The van der Waals surface area contributed by atoms with Crippen LogP contribution in [-0.4, -0.2) is 64.4 Å². The van der Waals surface area contributed by atoms with Crippen LogP contribution in [0.15, 0.2) is 39.3 Å². The average Bonchev–Trinajstić information content (AvgIpc) is 3.47. The van der Waals surface area contributed by atoms with E-state index in [0.717, 1.165) is 44.2 Å². The molecular weight excluding hydrogens is 480 g/mol. The van der Waals surface area contributed by atoms with Gasteiger partial charge in [0.25, 0.3) is 0 Å². The molecule has 1 aliphatic heterocycles. The predicted octanol–water partition coefficient (Wildman–Crippen LogP) is 5.10. The molecule has 8 atom stereocenters. The molecule has 2 heterocycles. The highest BCUT2D eigenvalue weighted by Crippen LogP contribution is 2.67. The number of carboxylic acid groups (broad SMARTS) is 1. The third-order valence-electron chi connectivity index (χ3n) is 11.8. The van der Waals surface area contributed by atoms with Crippen LogP contribution in [0, 0.1) is 28.6 Å². The van der Waals surface area contributed by atoms with Gasteiger partial charge in [0.2, 0.25) is 0 Å². The van der Waals surface area contributed by atoms with Crippen molar-refractivity contribution in [3.05, 3.63) is 46.0 Å². The number of hydrogen-bond donors (Lipinski definition) is 2. The Labute approximate surface area is 225 Å². The van der Waals surface area contributed by atoms with E-state index in [9.17, 15) is 19.8 Å². The van der Waals surface area contributed by atoms with Crippen LogP contribution >= 0.6 is 0 Å². The first-order valence-corrected chi connectivity index (χ1v) is 14.9. The molecule has 7 nitrogen and oxygen atoms in total. The molecule has 1 aromatic heterocycles. The van der Waals surface area contributed by atoms with Crippen molar-refractivity contribution in [3.63, 3.8) is 0 Å². The summed E-state index contributed by atoms with van der Waals surface area (Å²) >= 11 is 0. The molecule has 7 heteroatoms. The zero-order chi connectivity index (χ0) is 26.7. The van der Waals surface area contributed by atoms with Crippen LogP contribution in [0.3, 0.4) is 0 Å². The average molecular weight is 525 g/mol. The highest BCUT2D eigenvalue weighted by Gasteiger charge is 2.58. The van der Waals surface area contributed by atoms with Gasteiger partial charge in [-0.15, -0.1) is 0 Å². The van der Waals surface area contributed by atoms with Gasteiger partial charge < -0.3 is 19.5 Å². The van der Waals surface area contributed by atoms with Gasteiger partial charge in [-0.1, -0.05) is 25.5 Å². The molecule has 0 bridgehead atoms. The standard InChI is InChI=1S/C31H44N2O5/c1-30-12-9-22(33(29(36)37)16-15-32-14-11-23(34)18-32)17-21(30)4-5-24-26-7-6-25(20-3-8-28(35)38-19-20)31(26,2)13-10-27(24)30/h3,7-8,19,21-25,27,34H,4-6,9-18H2,1-2H3,(H,36,37)/t21-,22?,23+,24+,25-,27+,30+,31-/m1/s1. The molecule has 0 aromatic carbocycles. The van der Waals surface area contributed by atoms with Crippen LogP contribution in [0.2, 0.25) is 0 Å². The largest absolute Gasteiger partial charge is 0.465 e. The lowest BCUT2D eigenvalue weighted by molar-refractivity contribution is -0.0707. The van der Waals surface area contributed by atoms with E-state index in [1.807, 2.05) is 6.07 Å². The number of hydrogen-bond acceptors (Lipinski definition) is 5. The van der Waals surface area contributed by atoms with Gasteiger partial charge in [0.05, 0.1) is 12.4 Å². The molecule has 38 heavy (non-hydrogen) atoms. The number of rotatable bonds is 5. The molecule has 4 fully saturated rings. The van der Waals surface area contributed by atoms with Gasteiger partial charge in [0.1, 0.15) is 0 Å². The number of allylic oxidation sites excluding steroid dienone is 2. The third-order valence-corrected chi connectivity index (χ3v) is 11.8. The van der Waals surface area contributed by atoms with E-state index in [4.69, 9.17) is 4.42 Å². The van der Waals surface area contributed by atoms with E-state index in [1.165, 1.54) is 25.7 Å². The molecule has 1 amide bonds. The first-order valence-electron chi connectivity index (χ1n) is 14.9. The van der Waals surface area contributed by atoms with E-state index in [-0.39, 0.29) is 28.6 Å². The maximum Gasteiger partial charge on any atom is 0.407 e. The Balaban J connectivity index is 1.14. The molecule has 2 N–H and O–H groups in total. The van der Waals surface area contributed by atoms with Crippen molar-refractivity contribution in [3.8, 4) is 0 Å². The number of aliphatic hydroxyl groups excluding tert-OH is 1. The number of β-amino-alcohol motifs (C(OH)–C–C–N with tert-alkyl or cyclic N) is 1. The number of nitrogens with zero attached hydrogens (tertiary/aromatic N) is 2. The summed E-state index contributed by atoms with van der Waals surface area (Å²) in [6.07, 6.45) is 12.8. The molecule has 1 aromatic rings. The van der Waals surface area contributed by atoms with E-state index in [0.29, 0.717) is 43.3 Å². The summed E-state index contributed by atoms with van der Waals surface area (Å²) in [5.41, 5.74) is 2.90. The molecule has 0 radical (unpaired) electrons. The number of amides is 1. The maximum atomic E-state index is 12.3. The predicted molar refractivity (Wildman–Crippen MR) is 145 cm³/mol. The number of fused-ring (bicyclic) bond motifs is 5. The minimum Gasteiger partial charge on any atom is -0.465 e.